The molecule has 2 aromatic carbocycles. The average Bonchev–Trinajstić information content (AvgIpc) is 3.02. The molecule has 0 radical (unpaired) electrons. The van der Waals surface area contributed by atoms with Crippen molar-refractivity contribution in [2.24, 2.45) is 0 Å². The van der Waals surface area contributed by atoms with Gasteiger partial charge in [0.25, 0.3) is 5.91 Å². The zero-order valence-corrected chi connectivity index (χ0v) is 14.0. The average molecular weight is 365 g/mol. The van der Waals surface area contributed by atoms with E-state index in [1.54, 1.807) is 18.2 Å². The first-order chi connectivity index (χ1) is 11.5. The van der Waals surface area contributed by atoms with Crippen molar-refractivity contribution in [1.29, 1.82) is 0 Å². The summed E-state index contributed by atoms with van der Waals surface area (Å²) in [4.78, 5) is 23.5. The Morgan fingerprint density at radius 3 is 2.50 bits per heavy atom. The van der Waals surface area contributed by atoms with E-state index in [1.807, 2.05) is 30.3 Å². The fraction of sp³-hybridized carbons (Fsp3) is 0.176. The molecule has 1 heterocycles. The summed E-state index contributed by atoms with van der Waals surface area (Å²) in [7, 11) is 0. The summed E-state index contributed by atoms with van der Waals surface area (Å²) in [6.07, 6.45) is -1.45. The van der Waals surface area contributed by atoms with E-state index in [4.69, 9.17) is 27.9 Å². The summed E-state index contributed by atoms with van der Waals surface area (Å²) in [5.74, 6) is -0.381. The number of carbonyl (C=O) groups excluding carboxylic acids is 2. The number of ether oxygens (including phenoxy) is 1. The Morgan fingerprint density at radius 1 is 1.12 bits per heavy atom. The Balaban J connectivity index is 1.89. The lowest BCUT2D eigenvalue weighted by Gasteiger charge is -2.21. The van der Waals surface area contributed by atoms with Gasteiger partial charge in [0.2, 0.25) is 0 Å². The fourth-order valence-electron chi connectivity index (χ4n) is 2.47. The molecule has 1 unspecified atom stereocenters. The molecule has 0 bridgehead atoms. The number of nitrogens with one attached hydrogen (secondary N) is 2. The summed E-state index contributed by atoms with van der Waals surface area (Å²) in [6, 6.07) is 14.2. The molecule has 0 aliphatic carbocycles. The molecule has 1 fully saturated rings. The summed E-state index contributed by atoms with van der Waals surface area (Å²) in [5.41, 5.74) is 1.66. The minimum Gasteiger partial charge on any atom is -0.434 e. The number of halogens is 2. The summed E-state index contributed by atoms with van der Waals surface area (Å²) >= 11 is 12.1. The van der Waals surface area contributed by atoms with Crippen molar-refractivity contribution in [3.63, 3.8) is 0 Å². The number of alkyl carbamates (subject to hydrolysis) is 1. The van der Waals surface area contributed by atoms with E-state index in [-0.39, 0.29) is 12.5 Å². The van der Waals surface area contributed by atoms with E-state index < -0.39 is 18.2 Å². The molecule has 2 amide bonds. The van der Waals surface area contributed by atoms with Crippen LogP contribution in [0.5, 0.6) is 0 Å². The first kappa shape index (κ1) is 16.6. The number of amides is 2. The topological polar surface area (TPSA) is 67.4 Å². The van der Waals surface area contributed by atoms with Crippen LogP contribution in [0, 0.1) is 0 Å². The van der Waals surface area contributed by atoms with Crippen LogP contribution in [0.3, 0.4) is 0 Å². The first-order valence-electron chi connectivity index (χ1n) is 7.29. The van der Waals surface area contributed by atoms with E-state index in [9.17, 15) is 9.59 Å². The lowest BCUT2D eigenvalue weighted by Crippen LogP contribution is -2.39. The molecule has 1 aliphatic heterocycles. The van der Waals surface area contributed by atoms with Gasteiger partial charge in [-0.25, -0.2) is 4.79 Å². The smallest absolute Gasteiger partial charge is 0.408 e. The summed E-state index contributed by atoms with van der Waals surface area (Å²) < 4.78 is 4.93. The van der Waals surface area contributed by atoms with Crippen LogP contribution in [0.4, 0.5) is 4.79 Å². The van der Waals surface area contributed by atoms with Gasteiger partial charge in [0, 0.05) is 0 Å². The lowest BCUT2D eigenvalue weighted by atomic mass is 9.98. The van der Waals surface area contributed by atoms with Gasteiger partial charge in [-0.15, -0.1) is 0 Å². The van der Waals surface area contributed by atoms with Gasteiger partial charge in [-0.2, -0.15) is 0 Å². The lowest BCUT2D eigenvalue weighted by molar-refractivity contribution is -0.128. The molecular weight excluding hydrogens is 351 g/mol. The highest BCUT2D eigenvalue weighted by molar-refractivity contribution is 6.42. The number of rotatable bonds is 4. The summed E-state index contributed by atoms with van der Waals surface area (Å²) in [5, 5.41) is 6.20. The van der Waals surface area contributed by atoms with E-state index in [1.165, 1.54) is 0 Å². The van der Waals surface area contributed by atoms with Gasteiger partial charge in [0.15, 0.2) is 6.10 Å². The third kappa shape index (κ3) is 3.63. The minimum absolute atomic E-state index is 0.146. The molecule has 0 saturated carbocycles. The highest BCUT2D eigenvalue weighted by Crippen LogP contribution is 2.29. The highest BCUT2D eigenvalue weighted by atomic mass is 35.5. The molecule has 0 aromatic heterocycles. The Bertz CT molecular complexity index is 768. The monoisotopic (exact) mass is 364 g/mol. The molecule has 2 atom stereocenters. The predicted molar refractivity (Wildman–Crippen MR) is 91.2 cm³/mol. The van der Waals surface area contributed by atoms with Crippen molar-refractivity contribution >= 4 is 35.2 Å². The zero-order valence-electron chi connectivity index (χ0n) is 12.5. The molecule has 3 rings (SSSR count). The molecule has 124 valence electrons. The number of carbonyl (C=O) groups is 2. The van der Waals surface area contributed by atoms with Crippen LogP contribution >= 0.6 is 23.2 Å². The molecule has 1 saturated heterocycles. The molecule has 0 spiro atoms. The second-order valence-electron chi connectivity index (χ2n) is 5.30. The molecule has 2 N–H and O–H groups in total. The van der Waals surface area contributed by atoms with Crippen molar-refractivity contribution in [3.8, 4) is 0 Å². The Morgan fingerprint density at radius 2 is 1.88 bits per heavy atom. The molecular formula is C17H14Cl2N2O3. The summed E-state index contributed by atoms with van der Waals surface area (Å²) in [6.45, 7) is 0.146. The van der Waals surface area contributed by atoms with Gasteiger partial charge in [-0.1, -0.05) is 59.6 Å². The molecule has 24 heavy (non-hydrogen) atoms. The Hall–Kier alpha value is -2.24. The second kappa shape index (κ2) is 7.11. The minimum atomic E-state index is -0.855. The van der Waals surface area contributed by atoms with Crippen LogP contribution in [0.1, 0.15) is 17.2 Å². The molecule has 5 nitrogen and oxygen atoms in total. The maximum atomic E-state index is 12.4. The van der Waals surface area contributed by atoms with E-state index in [2.05, 4.69) is 10.6 Å². The third-order valence-electron chi connectivity index (χ3n) is 3.67. The van der Waals surface area contributed by atoms with Crippen LogP contribution in [-0.2, 0) is 9.53 Å². The van der Waals surface area contributed by atoms with Crippen LogP contribution < -0.4 is 10.6 Å². The molecule has 2 aromatic rings. The van der Waals surface area contributed by atoms with Gasteiger partial charge in [-0.05, 0) is 23.3 Å². The largest absolute Gasteiger partial charge is 0.434 e. The van der Waals surface area contributed by atoms with Crippen LogP contribution in [0.2, 0.25) is 10.0 Å². The van der Waals surface area contributed by atoms with Gasteiger partial charge < -0.3 is 15.4 Å². The number of hydrogen-bond donors (Lipinski definition) is 2. The third-order valence-corrected chi connectivity index (χ3v) is 4.41. The normalized spacial score (nSPS) is 17.8. The Labute approximate surface area is 148 Å². The number of cyclic esters (lactones) is 1. The molecule has 1 aliphatic rings. The first-order valence-corrected chi connectivity index (χ1v) is 8.05. The predicted octanol–water partition coefficient (Wildman–Crippen LogP) is 3.31. The maximum absolute atomic E-state index is 12.4. The van der Waals surface area contributed by atoms with Crippen molar-refractivity contribution in [3.05, 3.63) is 69.7 Å². The fourth-order valence-corrected chi connectivity index (χ4v) is 2.77. The van der Waals surface area contributed by atoms with Crippen molar-refractivity contribution in [1.82, 2.24) is 10.6 Å². The van der Waals surface area contributed by atoms with Gasteiger partial charge in [-0.3, -0.25) is 4.79 Å². The van der Waals surface area contributed by atoms with E-state index in [0.29, 0.717) is 10.0 Å². The van der Waals surface area contributed by atoms with Crippen molar-refractivity contribution < 1.29 is 14.3 Å². The van der Waals surface area contributed by atoms with Gasteiger partial charge >= 0.3 is 6.09 Å². The standard InChI is InChI=1S/C17H14Cl2N2O3/c18-12-7-6-11(8-13(12)19)15(10-4-2-1-3-5-10)21-16(22)14-9-20-17(23)24-14/h1-8,14-15H,9H2,(H,20,23)(H,21,22)/t14-,15?/m0/s1. The van der Waals surface area contributed by atoms with Crippen LogP contribution in [-0.4, -0.2) is 24.6 Å². The van der Waals surface area contributed by atoms with Gasteiger partial charge in [0.1, 0.15) is 0 Å². The van der Waals surface area contributed by atoms with Crippen molar-refractivity contribution in [2.45, 2.75) is 12.1 Å². The van der Waals surface area contributed by atoms with E-state index in [0.717, 1.165) is 11.1 Å². The highest BCUT2D eigenvalue weighted by Gasteiger charge is 2.31. The van der Waals surface area contributed by atoms with Crippen LogP contribution in [0.15, 0.2) is 48.5 Å². The number of hydrogen-bond acceptors (Lipinski definition) is 3. The maximum Gasteiger partial charge on any atom is 0.408 e. The van der Waals surface area contributed by atoms with Gasteiger partial charge in [0.05, 0.1) is 22.6 Å². The van der Waals surface area contributed by atoms with E-state index >= 15 is 0 Å². The second-order valence-corrected chi connectivity index (χ2v) is 6.12. The SMILES string of the molecule is O=C1NC[C@@H](C(=O)NC(c2ccccc2)c2ccc(Cl)c(Cl)c2)O1. The number of benzene rings is 2. The molecule has 7 heteroatoms. The Kier molecular flexibility index (Phi) is 4.92. The van der Waals surface area contributed by atoms with Crippen molar-refractivity contribution in [2.75, 3.05) is 6.54 Å². The zero-order chi connectivity index (χ0) is 17.1. The quantitative estimate of drug-likeness (QED) is 0.874. The van der Waals surface area contributed by atoms with Crippen LogP contribution in [0.25, 0.3) is 0 Å².